The number of carbonyl (C=O) groups excluding carboxylic acids is 1. The summed E-state index contributed by atoms with van der Waals surface area (Å²) in [5.41, 5.74) is 0.910. The van der Waals surface area contributed by atoms with E-state index in [1.165, 1.54) is 12.1 Å². The van der Waals surface area contributed by atoms with Crippen LogP contribution in [0.5, 0.6) is 0 Å². The Balaban J connectivity index is 3.04. The Labute approximate surface area is 101 Å². The molecule has 0 aromatic heterocycles. The van der Waals surface area contributed by atoms with Crippen molar-refractivity contribution in [3.63, 3.8) is 0 Å². The number of nitrogens with zero attached hydrogens (tertiary/aromatic N) is 1. The Morgan fingerprint density at radius 1 is 1.31 bits per heavy atom. The van der Waals surface area contributed by atoms with Crippen LogP contribution in [0.1, 0.15) is 22.3 Å². The van der Waals surface area contributed by atoms with Gasteiger partial charge in [-0.05, 0) is 18.1 Å². The Hall–Kier alpha value is -1.49. The van der Waals surface area contributed by atoms with Crippen molar-refractivity contribution in [2.45, 2.75) is 6.42 Å². The molecular formula is C11H10BrNO3. The number of non-ortho nitro benzene ring substituents is 1. The van der Waals surface area contributed by atoms with E-state index in [4.69, 9.17) is 0 Å². The highest BCUT2D eigenvalue weighted by molar-refractivity contribution is 9.09. The van der Waals surface area contributed by atoms with Gasteiger partial charge in [0.15, 0.2) is 0 Å². The Morgan fingerprint density at radius 2 is 2.00 bits per heavy atom. The van der Waals surface area contributed by atoms with Crippen molar-refractivity contribution in [2.75, 3.05) is 5.33 Å². The van der Waals surface area contributed by atoms with Crippen LogP contribution < -0.4 is 0 Å². The fraction of sp³-hybridized carbons (Fsp3) is 0.182. The average molecular weight is 284 g/mol. The smallest absolute Gasteiger partial charge is 0.270 e. The van der Waals surface area contributed by atoms with Crippen molar-refractivity contribution in [1.29, 1.82) is 0 Å². The first kappa shape index (κ1) is 12.6. The lowest BCUT2D eigenvalue weighted by Gasteiger charge is -1.97. The molecule has 0 spiro atoms. The van der Waals surface area contributed by atoms with Crippen LogP contribution in [0, 0.1) is 10.1 Å². The number of nitro groups is 1. The van der Waals surface area contributed by atoms with E-state index >= 15 is 0 Å². The maximum atomic E-state index is 10.6. The minimum Gasteiger partial charge on any atom is -0.298 e. The highest BCUT2D eigenvalue weighted by atomic mass is 79.9. The summed E-state index contributed by atoms with van der Waals surface area (Å²) in [6.07, 6.45) is 5.09. The maximum Gasteiger partial charge on any atom is 0.270 e. The van der Waals surface area contributed by atoms with E-state index in [9.17, 15) is 14.9 Å². The molecule has 0 saturated heterocycles. The summed E-state index contributed by atoms with van der Waals surface area (Å²) in [7, 11) is 0. The molecular weight excluding hydrogens is 274 g/mol. The molecule has 0 atom stereocenters. The van der Waals surface area contributed by atoms with Crippen molar-refractivity contribution in [3.05, 3.63) is 45.5 Å². The molecule has 1 aromatic rings. The monoisotopic (exact) mass is 283 g/mol. The van der Waals surface area contributed by atoms with Crippen molar-refractivity contribution < 1.29 is 9.72 Å². The van der Waals surface area contributed by atoms with E-state index in [2.05, 4.69) is 15.9 Å². The predicted octanol–water partition coefficient (Wildman–Crippen LogP) is 3.21. The zero-order valence-corrected chi connectivity index (χ0v) is 10.0. The lowest BCUT2D eigenvalue weighted by molar-refractivity contribution is -0.384. The number of rotatable bonds is 5. The number of hydrogen-bond acceptors (Lipinski definition) is 3. The first-order valence-electron chi connectivity index (χ1n) is 4.64. The molecule has 84 valence electrons. The van der Waals surface area contributed by atoms with Gasteiger partial charge >= 0.3 is 0 Å². The van der Waals surface area contributed by atoms with E-state index in [-0.39, 0.29) is 5.69 Å². The van der Waals surface area contributed by atoms with E-state index in [0.717, 1.165) is 11.8 Å². The minimum atomic E-state index is -0.505. The number of alkyl halides is 1. The topological polar surface area (TPSA) is 60.2 Å². The summed E-state index contributed by atoms with van der Waals surface area (Å²) in [6, 6.07) is 4.32. The number of nitro benzene ring substituents is 1. The molecule has 1 rings (SSSR count). The quantitative estimate of drug-likeness (QED) is 0.361. The van der Waals surface area contributed by atoms with Gasteiger partial charge in [0.1, 0.15) is 6.29 Å². The van der Waals surface area contributed by atoms with Gasteiger partial charge in [-0.25, -0.2) is 0 Å². The Kier molecular flexibility index (Phi) is 4.85. The van der Waals surface area contributed by atoms with Crippen LogP contribution in [0.4, 0.5) is 5.69 Å². The highest BCUT2D eigenvalue weighted by Crippen LogP contribution is 2.17. The van der Waals surface area contributed by atoms with Crippen LogP contribution in [-0.2, 0) is 0 Å². The molecule has 5 heteroatoms. The lowest BCUT2D eigenvalue weighted by atomic mass is 10.1. The van der Waals surface area contributed by atoms with E-state index in [1.54, 1.807) is 12.1 Å². The molecule has 4 nitrogen and oxygen atoms in total. The summed E-state index contributed by atoms with van der Waals surface area (Å²) in [5, 5.41) is 11.4. The van der Waals surface area contributed by atoms with Crippen molar-refractivity contribution in [2.24, 2.45) is 0 Å². The summed E-state index contributed by atoms with van der Waals surface area (Å²) >= 11 is 3.27. The van der Waals surface area contributed by atoms with Gasteiger partial charge in [-0.3, -0.25) is 14.9 Å². The highest BCUT2D eigenvalue weighted by Gasteiger charge is 2.07. The Morgan fingerprint density at radius 3 is 2.56 bits per heavy atom. The third-order valence-electron chi connectivity index (χ3n) is 1.90. The van der Waals surface area contributed by atoms with E-state index in [0.29, 0.717) is 17.4 Å². The number of carbonyl (C=O) groups is 1. The molecule has 1 aromatic carbocycles. The first-order chi connectivity index (χ1) is 7.67. The third kappa shape index (κ3) is 3.58. The summed E-state index contributed by atoms with van der Waals surface area (Å²) in [5.74, 6) is 0. The fourth-order valence-electron chi connectivity index (χ4n) is 1.21. The molecule has 0 unspecified atom stereocenters. The number of aldehydes is 1. The SMILES string of the molecule is O=Cc1cc(C=CCCBr)cc([N+](=O)[O-])c1. The van der Waals surface area contributed by atoms with Gasteiger partial charge in [-0.1, -0.05) is 28.1 Å². The number of benzene rings is 1. The second-order valence-electron chi connectivity index (χ2n) is 3.11. The second-order valence-corrected chi connectivity index (χ2v) is 3.91. The van der Waals surface area contributed by atoms with Crippen LogP contribution in [0.25, 0.3) is 6.08 Å². The molecule has 0 N–H and O–H groups in total. The molecule has 0 saturated carbocycles. The molecule has 0 bridgehead atoms. The first-order valence-corrected chi connectivity index (χ1v) is 5.76. The molecule has 0 aliphatic carbocycles. The van der Waals surface area contributed by atoms with Gasteiger partial charge in [0.25, 0.3) is 5.69 Å². The van der Waals surface area contributed by atoms with Gasteiger partial charge in [-0.15, -0.1) is 0 Å². The van der Waals surface area contributed by atoms with Crippen LogP contribution in [-0.4, -0.2) is 16.5 Å². The number of halogens is 1. The molecule has 0 radical (unpaired) electrons. The number of hydrogen-bond donors (Lipinski definition) is 0. The van der Waals surface area contributed by atoms with Crippen molar-refractivity contribution >= 4 is 34.0 Å². The molecule has 0 amide bonds. The minimum absolute atomic E-state index is 0.0666. The zero-order valence-electron chi connectivity index (χ0n) is 8.43. The molecule has 0 fully saturated rings. The van der Waals surface area contributed by atoms with Gasteiger partial charge in [0, 0.05) is 23.0 Å². The standard InChI is InChI=1S/C11H10BrNO3/c12-4-2-1-3-9-5-10(8-14)7-11(6-9)13(15)16/h1,3,5-8H,2,4H2. The normalized spacial score (nSPS) is 10.6. The summed E-state index contributed by atoms with van der Waals surface area (Å²) in [6.45, 7) is 0. The van der Waals surface area contributed by atoms with Crippen molar-refractivity contribution in [1.82, 2.24) is 0 Å². The zero-order chi connectivity index (χ0) is 12.0. The third-order valence-corrected chi connectivity index (χ3v) is 2.35. The number of allylic oxidation sites excluding steroid dienone is 1. The average Bonchev–Trinajstić information content (AvgIpc) is 2.29. The molecule has 0 heterocycles. The van der Waals surface area contributed by atoms with Gasteiger partial charge in [-0.2, -0.15) is 0 Å². The van der Waals surface area contributed by atoms with E-state index < -0.39 is 4.92 Å². The second kappa shape index (κ2) is 6.17. The molecule has 16 heavy (non-hydrogen) atoms. The maximum absolute atomic E-state index is 10.6. The predicted molar refractivity (Wildman–Crippen MR) is 65.9 cm³/mol. The molecule has 0 aliphatic rings. The van der Waals surface area contributed by atoms with Crippen molar-refractivity contribution in [3.8, 4) is 0 Å². The van der Waals surface area contributed by atoms with Crippen LogP contribution in [0.2, 0.25) is 0 Å². The summed E-state index contributed by atoms with van der Waals surface area (Å²) < 4.78 is 0. The van der Waals surface area contributed by atoms with E-state index in [1.807, 2.05) is 6.08 Å². The van der Waals surface area contributed by atoms with Crippen LogP contribution in [0.15, 0.2) is 24.3 Å². The van der Waals surface area contributed by atoms with Crippen LogP contribution >= 0.6 is 15.9 Å². The molecule has 0 aliphatic heterocycles. The largest absolute Gasteiger partial charge is 0.298 e. The van der Waals surface area contributed by atoms with Gasteiger partial charge < -0.3 is 0 Å². The lowest BCUT2D eigenvalue weighted by Crippen LogP contribution is -1.91. The van der Waals surface area contributed by atoms with Crippen LogP contribution in [0.3, 0.4) is 0 Å². The fourth-order valence-corrected chi connectivity index (χ4v) is 1.48. The summed E-state index contributed by atoms with van der Waals surface area (Å²) in [4.78, 5) is 20.7. The van der Waals surface area contributed by atoms with Gasteiger partial charge in [0.2, 0.25) is 0 Å². The van der Waals surface area contributed by atoms with Gasteiger partial charge in [0.05, 0.1) is 4.92 Å². The Bertz CT molecular complexity index is 429.